The maximum atomic E-state index is 12.8. The van der Waals surface area contributed by atoms with Gasteiger partial charge in [0.05, 0.1) is 31.6 Å². The lowest BCUT2D eigenvalue weighted by Crippen LogP contribution is -2.16. The molecule has 3 N–H and O–H groups in total. The molecule has 0 aliphatic heterocycles. The molecule has 0 aromatic heterocycles. The number of carbonyl (C=O) groups is 3. The molecular formula is C29H18Cl2N2O12. The molecule has 1 atom stereocenters. The van der Waals surface area contributed by atoms with Gasteiger partial charge in [-0.2, -0.15) is 0 Å². The number of carboxylic acid groups (broad SMARTS) is 2. The molecule has 0 heterocycles. The molecule has 45 heavy (non-hydrogen) atoms. The number of nitro groups is 2. The Morgan fingerprint density at radius 3 is 1.87 bits per heavy atom. The number of ether oxygens (including phenoxy) is 1. The van der Waals surface area contributed by atoms with Crippen molar-refractivity contribution in [3.8, 4) is 5.75 Å². The summed E-state index contributed by atoms with van der Waals surface area (Å²) in [6, 6.07) is 15.1. The average molecular weight is 657 g/mol. The number of hydrogen-bond donors (Lipinski definition) is 3. The predicted octanol–water partition coefficient (Wildman–Crippen LogP) is 6.60. The van der Waals surface area contributed by atoms with Gasteiger partial charge in [0, 0.05) is 22.7 Å². The average Bonchev–Trinajstić information content (AvgIpc) is 2.99. The van der Waals surface area contributed by atoms with Crippen molar-refractivity contribution in [3.63, 3.8) is 0 Å². The second-order valence-corrected chi connectivity index (χ2v) is 10.0. The van der Waals surface area contributed by atoms with Gasteiger partial charge in [0.1, 0.15) is 5.75 Å². The summed E-state index contributed by atoms with van der Waals surface area (Å²) < 4.78 is 5.20. The van der Waals surface area contributed by atoms with Gasteiger partial charge in [-0.25, -0.2) is 19.3 Å². The molecule has 0 fully saturated rings. The molecule has 0 bridgehead atoms. The van der Waals surface area contributed by atoms with Crippen LogP contribution in [-0.4, -0.2) is 43.2 Å². The number of carboxylic acids is 2. The molecule has 0 aliphatic rings. The van der Waals surface area contributed by atoms with Crippen LogP contribution in [0.4, 0.5) is 11.4 Å². The highest BCUT2D eigenvalue weighted by molar-refractivity contribution is 6.32. The van der Waals surface area contributed by atoms with Gasteiger partial charge in [-0.15, -0.1) is 0 Å². The molecular weight excluding hydrogens is 639 g/mol. The molecule has 4 aromatic rings. The number of benzene rings is 4. The minimum Gasteiger partial charge on any atom is -0.478 e. The van der Waals surface area contributed by atoms with Crippen LogP contribution in [0, 0.1) is 20.2 Å². The monoisotopic (exact) mass is 656 g/mol. The predicted molar refractivity (Wildman–Crippen MR) is 156 cm³/mol. The van der Waals surface area contributed by atoms with Crippen molar-refractivity contribution in [3.05, 3.63) is 142 Å². The van der Waals surface area contributed by atoms with Gasteiger partial charge in [0.15, 0.2) is 11.7 Å². The van der Waals surface area contributed by atoms with Gasteiger partial charge >= 0.3 is 17.9 Å². The van der Waals surface area contributed by atoms with E-state index in [1.54, 1.807) is 6.07 Å². The highest BCUT2D eigenvalue weighted by atomic mass is 35.5. The fraction of sp³-hybridized carbons (Fsp3) is 0.0690. The van der Waals surface area contributed by atoms with Crippen LogP contribution in [0.2, 0.25) is 10.0 Å². The summed E-state index contributed by atoms with van der Waals surface area (Å²) in [5, 5.41) is 51.5. The topological polar surface area (TPSA) is 217 Å². The summed E-state index contributed by atoms with van der Waals surface area (Å²) >= 11 is 12.7. The van der Waals surface area contributed by atoms with Crippen LogP contribution >= 0.6 is 23.2 Å². The third-order valence-electron chi connectivity index (χ3n) is 6.51. The van der Waals surface area contributed by atoms with E-state index in [4.69, 9.17) is 27.9 Å². The molecule has 1 unspecified atom stereocenters. The Balaban J connectivity index is 1.60. The van der Waals surface area contributed by atoms with Crippen molar-refractivity contribution in [2.75, 3.05) is 0 Å². The molecule has 0 amide bonds. The van der Waals surface area contributed by atoms with Crippen LogP contribution in [-0.2, 0) is 11.3 Å². The molecule has 0 aliphatic carbocycles. The minimum absolute atomic E-state index is 0.0172. The molecule has 0 saturated carbocycles. The SMILES string of the molecule is O=C(O)c1cccc([N+](=O)[O-])c1C(=O)Oc1ccc(Cc2ccc(C(OO)c3c(C(=O)O)cccc3[N+](=O)[O-])c(Cl)c2)cc1Cl. The van der Waals surface area contributed by atoms with Crippen LogP contribution in [0.5, 0.6) is 5.75 Å². The zero-order valence-corrected chi connectivity index (χ0v) is 23.9. The summed E-state index contributed by atoms with van der Waals surface area (Å²) in [5.74, 6) is -4.56. The first-order chi connectivity index (χ1) is 21.3. The quantitative estimate of drug-likeness (QED) is 0.0511. The molecule has 0 radical (unpaired) electrons. The standard InChI is InChI=1S/C29H18Cl2N2O12/c30-19-12-14(7-9-16(19)26(45-43)24-17(27(34)35)3-1-5-21(24)32(39)40)11-15-8-10-23(20(31)13-15)44-29(38)25-18(28(36)37)4-2-6-22(25)33(41)42/h1-10,12-13,26,43H,11H2,(H,34,35)(H,36,37). The number of aromatic carboxylic acids is 2. The number of rotatable bonds is 11. The van der Waals surface area contributed by atoms with E-state index in [1.807, 2.05) is 0 Å². The highest BCUT2D eigenvalue weighted by Gasteiger charge is 2.32. The van der Waals surface area contributed by atoms with E-state index < -0.39 is 67.5 Å². The van der Waals surface area contributed by atoms with Crippen molar-refractivity contribution in [2.45, 2.75) is 12.5 Å². The van der Waals surface area contributed by atoms with E-state index in [2.05, 4.69) is 4.89 Å². The number of nitrogens with zero attached hydrogens (tertiary/aromatic N) is 2. The van der Waals surface area contributed by atoms with E-state index in [1.165, 1.54) is 36.4 Å². The Morgan fingerprint density at radius 2 is 1.33 bits per heavy atom. The Bertz CT molecular complexity index is 1810. The Kier molecular flexibility index (Phi) is 9.74. The minimum atomic E-state index is -1.62. The van der Waals surface area contributed by atoms with E-state index in [0.717, 1.165) is 30.3 Å². The lowest BCUT2D eigenvalue weighted by molar-refractivity contribution is -0.387. The zero-order valence-electron chi connectivity index (χ0n) is 22.4. The summed E-state index contributed by atoms with van der Waals surface area (Å²) in [6.07, 6.45) is -1.43. The van der Waals surface area contributed by atoms with E-state index in [0.29, 0.717) is 11.1 Å². The molecule has 4 aromatic carbocycles. The third kappa shape index (κ3) is 6.89. The lowest BCUT2D eigenvalue weighted by atomic mass is 9.93. The fourth-order valence-electron chi connectivity index (χ4n) is 4.54. The fourth-order valence-corrected chi connectivity index (χ4v) is 5.09. The molecule has 0 spiro atoms. The maximum Gasteiger partial charge on any atom is 0.351 e. The third-order valence-corrected chi connectivity index (χ3v) is 7.13. The number of esters is 1. The van der Waals surface area contributed by atoms with Gasteiger partial charge in [-0.3, -0.25) is 25.5 Å². The zero-order chi connectivity index (χ0) is 33.0. The van der Waals surface area contributed by atoms with Crippen LogP contribution < -0.4 is 4.74 Å². The normalized spacial score (nSPS) is 11.4. The molecule has 16 heteroatoms. The van der Waals surface area contributed by atoms with Crippen molar-refractivity contribution < 1.29 is 49.3 Å². The Hall–Kier alpha value is -5.41. The van der Waals surface area contributed by atoms with Gasteiger partial charge < -0.3 is 14.9 Å². The maximum absolute atomic E-state index is 12.8. The smallest absolute Gasteiger partial charge is 0.351 e. The molecule has 0 saturated heterocycles. The van der Waals surface area contributed by atoms with Crippen molar-refractivity contribution in [1.29, 1.82) is 0 Å². The summed E-state index contributed by atoms with van der Waals surface area (Å²) in [7, 11) is 0. The van der Waals surface area contributed by atoms with Crippen LogP contribution in [0.25, 0.3) is 0 Å². The number of carbonyl (C=O) groups excluding carboxylic acids is 1. The van der Waals surface area contributed by atoms with E-state index in [-0.39, 0.29) is 27.8 Å². The van der Waals surface area contributed by atoms with Gasteiger partial charge in [0.2, 0.25) is 0 Å². The van der Waals surface area contributed by atoms with Crippen LogP contribution in [0.3, 0.4) is 0 Å². The highest BCUT2D eigenvalue weighted by Crippen LogP contribution is 2.39. The van der Waals surface area contributed by atoms with E-state index >= 15 is 0 Å². The number of nitro benzene ring substituents is 2. The van der Waals surface area contributed by atoms with Crippen molar-refractivity contribution in [1.82, 2.24) is 0 Å². The van der Waals surface area contributed by atoms with Crippen molar-refractivity contribution in [2.24, 2.45) is 0 Å². The van der Waals surface area contributed by atoms with E-state index in [9.17, 15) is 50.1 Å². The first-order valence-electron chi connectivity index (χ1n) is 12.4. The second kappa shape index (κ2) is 13.5. The van der Waals surface area contributed by atoms with Crippen LogP contribution in [0.15, 0.2) is 72.8 Å². The summed E-state index contributed by atoms with van der Waals surface area (Å²) in [6.45, 7) is 0. The Labute approximate surface area is 261 Å². The lowest BCUT2D eigenvalue weighted by Gasteiger charge is -2.18. The number of halogens is 2. The molecule has 4 rings (SSSR count). The first-order valence-corrected chi connectivity index (χ1v) is 13.2. The first kappa shape index (κ1) is 32.5. The largest absolute Gasteiger partial charge is 0.478 e. The van der Waals surface area contributed by atoms with Gasteiger partial charge in [-0.05, 0) is 47.9 Å². The summed E-state index contributed by atoms with van der Waals surface area (Å²) in [5.41, 5.74) is -2.46. The molecule has 230 valence electrons. The van der Waals surface area contributed by atoms with Crippen molar-refractivity contribution >= 4 is 52.5 Å². The Morgan fingerprint density at radius 1 is 0.778 bits per heavy atom. The number of hydrogen-bond acceptors (Lipinski definition) is 10. The summed E-state index contributed by atoms with van der Waals surface area (Å²) in [4.78, 5) is 61.9. The van der Waals surface area contributed by atoms with Gasteiger partial charge in [0.25, 0.3) is 11.4 Å². The van der Waals surface area contributed by atoms with Crippen LogP contribution in [0.1, 0.15) is 59.4 Å². The molecule has 14 nitrogen and oxygen atoms in total. The second-order valence-electron chi connectivity index (χ2n) is 9.23. The van der Waals surface area contributed by atoms with Gasteiger partial charge in [-0.1, -0.05) is 53.5 Å².